The van der Waals surface area contributed by atoms with E-state index in [0.29, 0.717) is 11.5 Å². The van der Waals surface area contributed by atoms with Crippen molar-refractivity contribution in [2.24, 2.45) is 13.0 Å². The minimum absolute atomic E-state index is 0.0856. The molecule has 2 aromatic heterocycles. The van der Waals surface area contributed by atoms with Gasteiger partial charge in [0.15, 0.2) is 0 Å². The van der Waals surface area contributed by atoms with Crippen LogP contribution in [0, 0.1) is 12.8 Å². The second kappa shape index (κ2) is 5.68. The van der Waals surface area contributed by atoms with Crippen LogP contribution in [0.5, 0.6) is 0 Å². The van der Waals surface area contributed by atoms with Gasteiger partial charge >= 0.3 is 0 Å². The highest BCUT2D eigenvalue weighted by Gasteiger charge is 2.27. The first-order valence-electron chi connectivity index (χ1n) is 7.31. The molecule has 21 heavy (non-hydrogen) atoms. The van der Waals surface area contributed by atoms with Gasteiger partial charge in [-0.25, -0.2) is 0 Å². The van der Waals surface area contributed by atoms with Crippen LogP contribution in [0.4, 0.5) is 0 Å². The van der Waals surface area contributed by atoms with Crippen molar-refractivity contribution < 1.29 is 4.79 Å². The number of carbonyl (C=O) groups is 1. The third kappa shape index (κ3) is 3.12. The summed E-state index contributed by atoms with van der Waals surface area (Å²) in [4.78, 5) is 18.7. The van der Waals surface area contributed by atoms with Gasteiger partial charge in [-0.05, 0) is 37.3 Å². The first kappa shape index (κ1) is 13.8. The van der Waals surface area contributed by atoms with Crippen molar-refractivity contribution in [3.63, 3.8) is 0 Å². The van der Waals surface area contributed by atoms with Crippen LogP contribution < -0.4 is 0 Å². The van der Waals surface area contributed by atoms with Crippen LogP contribution in [0.25, 0.3) is 0 Å². The number of amides is 1. The summed E-state index contributed by atoms with van der Waals surface area (Å²) in [6.45, 7) is 3.67. The topological polar surface area (TPSA) is 51.0 Å². The van der Waals surface area contributed by atoms with Gasteiger partial charge in [0, 0.05) is 38.2 Å². The lowest BCUT2D eigenvalue weighted by atomic mass is 10.0. The molecule has 1 aliphatic rings. The lowest BCUT2D eigenvalue weighted by Gasteiger charge is -2.15. The van der Waals surface area contributed by atoms with Crippen molar-refractivity contribution >= 4 is 5.91 Å². The molecule has 1 unspecified atom stereocenters. The molecule has 2 aromatic rings. The number of aryl methyl sites for hydroxylation is 2. The fourth-order valence-corrected chi connectivity index (χ4v) is 2.81. The van der Waals surface area contributed by atoms with Crippen LogP contribution in [0.15, 0.2) is 30.7 Å². The predicted molar refractivity (Wildman–Crippen MR) is 79.9 cm³/mol. The Morgan fingerprint density at radius 2 is 2.24 bits per heavy atom. The zero-order chi connectivity index (χ0) is 14.8. The summed E-state index contributed by atoms with van der Waals surface area (Å²) >= 11 is 0. The fourth-order valence-electron chi connectivity index (χ4n) is 2.81. The van der Waals surface area contributed by atoms with Crippen molar-refractivity contribution in [2.75, 3.05) is 13.1 Å². The van der Waals surface area contributed by atoms with Crippen molar-refractivity contribution in [3.05, 3.63) is 47.5 Å². The van der Waals surface area contributed by atoms with E-state index in [9.17, 15) is 4.79 Å². The number of aromatic nitrogens is 3. The smallest absolute Gasteiger partial charge is 0.257 e. The number of hydrogen-bond acceptors (Lipinski definition) is 3. The molecule has 1 aliphatic heterocycles. The lowest BCUT2D eigenvalue weighted by molar-refractivity contribution is 0.0787. The molecule has 0 aromatic carbocycles. The summed E-state index contributed by atoms with van der Waals surface area (Å²) in [5.74, 6) is 0.586. The first-order valence-corrected chi connectivity index (χ1v) is 7.31. The van der Waals surface area contributed by atoms with Crippen LogP contribution in [0.1, 0.15) is 28.0 Å². The molecule has 3 heterocycles. The number of hydrogen-bond donors (Lipinski definition) is 0. The van der Waals surface area contributed by atoms with E-state index in [0.717, 1.165) is 31.6 Å². The van der Waals surface area contributed by atoms with Crippen LogP contribution >= 0.6 is 0 Å². The molecular weight excluding hydrogens is 264 g/mol. The van der Waals surface area contributed by atoms with Crippen LogP contribution in [-0.2, 0) is 13.5 Å². The van der Waals surface area contributed by atoms with Crippen LogP contribution in [-0.4, -0.2) is 38.7 Å². The Morgan fingerprint density at radius 3 is 2.90 bits per heavy atom. The standard InChI is InChI=1S/C16H20N4O/c1-12-3-4-15(17-8-12)7-13-5-6-20(10-13)16(21)14-9-18-19(2)11-14/h3-4,8-9,11,13H,5-7,10H2,1-2H3. The molecular formula is C16H20N4O. The number of rotatable bonds is 3. The zero-order valence-corrected chi connectivity index (χ0v) is 12.5. The molecule has 0 aliphatic carbocycles. The highest BCUT2D eigenvalue weighted by Crippen LogP contribution is 2.21. The van der Waals surface area contributed by atoms with Crippen molar-refractivity contribution in [1.29, 1.82) is 0 Å². The molecule has 1 atom stereocenters. The van der Waals surface area contributed by atoms with E-state index < -0.39 is 0 Å². The number of pyridine rings is 1. The van der Waals surface area contributed by atoms with Crippen molar-refractivity contribution in [2.45, 2.75) is 19.8 Å². The molecule has 110 valence electrons. The van der Waals surface area contributed by atoms with E-state index in [-0.39, 0.29) is 5.91 Å². The summed E-state index contributed by atoms with van der Waals surface area (Å²) < 4.78 is 1.66. The Balaban J connectivity index is 1.60. The third-order valence-corrected chi connectivity index (χ3v) is 4.00. The molecule has 0 spiro atoms. The monoisotopic (exact) mass is 284 g/mol. The predicted octanol–water partition coefficient (Wildman–Crippen LogP) is 1.83. The quantitative estimate of drug-likeness (QED) is 0.864. The van der Waals surface area contributed by atoms with Crippen LogP contribution in [0.3, 0.4) is 0 Å². The van der Waals surface area contributed by atoms with Gasteiger partial charge in [0.1, 0.15) is 0 Å². The maximum atomic E-state index is 12.4. The van der Waals surface area contributed by atoms with E-state index in [1.165, 1.54) is 5.56 Å². The van der Waals surface area contributed by atoms with Crippen molar-refractivity contribution in [1.82, 2.24) is 19.7 Å². The summed E-state index contributed by atoms with van der Waals surface area (Å²) in [5, 5.41) is 4.06. The molecule has 1 saturated heterocycles. The molecule has 3 rings (SSSR count). The number of carbonyl (C=O) groups excluding carboxylic acids is 1. The molecule has 1 fully saturated rings. The molecule has 5 heteroatoms. The lowest BCUT2D eigenvalue weighted by Crippen LogP contribution is -2.28. The summed E-state index contributed by atoms with van der Waals surface area (Å²) in [6, 6.07) is 4.18. The number of likely N-dealkylation sites (tertiary alicyclic amines) is 1. The average molecular weight is 284 g/mol. The maximum Gasteiger partial charge on any atom is 0.257 e. The normalized spacial score (nSPS) is 18.2. The minimum atomic E-state index is 0.0856. The van der Waals surface area contributed by atoms with E-state index in [2.05, 4.69) is 22.2 Å². The molecule has 0 radical (unpaired) electrons. The zero-order valence-electron chi connectivity index (χ0n) is 12.5. The molecule has 1 amide bonds. The highest BCUT2D eigenvalue weighted by atomic mass is 16.2. The molecule has 0 saturated carbocycles. The largest absolute Gasteiger partial charge is 0.338 e. The SMILES string of the molecule is Cc1ccc(CC2CCN(C(=O)c3cnn(C)c3)C2)nc1. The Bertz CT molecular complexity index is 632. The molecule has 0 N–H and O–H groups in total. The second-order valence-corrected chi connectivity index (χ2v) is 5.84. The fraction of sp³-hybridized carbons (Fsp3) is 0.438. The van der Waals surface area contributed by atoms with Crippen molar-refractivity contribution in [3.8, 4) is 0 Å². The average Bonchev–Trinajstić information content (AvgIpc) is 3.10. The van der Waals surface area contributed by atoms with E-state index in [4.69, 9.17) is 0 Å². The molecule has 5 nitrogen and oxygen atoms in total. The highest BCUT2D eigenvalue weighted by molar-refractivity contribution is 5.93. The van der Waals surface area contributed by atoms with Gasteiger partial charge in [-0.15, -0.1) is 0 Å². The first-order chi connectivity index (χ1) is 10.1. The van der Waals surface area contributed by atoms with Gasteiger partial charge in [-0.2, -0.15) is 5.10 Å². The van der Waals surface area contributed by atoms with Gasteiger partial charge in [-0.1, -0.05) is 6.07 Å². The van der Waals surface area contributed by atoms with E-state index in [1.807, 2.05) is 25.1 Å². The minimum Gasteiger partial charge on any atom is -0.338 e. The van der Waals surface area contributed by atoms with Gasteiger partial charge in [0.05, 0.1) is 11.8 Å². The Labute approximate surface area is 124 Å². The number of nitrogens with zero attached hydrogens (tertiary/aromatic N) is 4. The summed E-state index contributed by atoms with van der Waals surface area (Å²) in [6.07, 6.45) is 7.30. The van der Waals surface area contributed by atoms with E-state index >= 15 is 0 Å². The summed E-state index contributed by atoms with van der Waals surface area (Å²) in [7, 11) is 1.83. The third-order valence-electron chi connectivity index (χ3n) is 4.00. The van der Waals surface area contributed by atoms with Gasteiger partial charge in [0.25, 0.3) is 5.91 Å². The van der Waals surface area contributed by atoms with E-state index in [1.54, 1.807) is 17.1 Å². The Morgan fingerprint density at radius 1 is 1.38 bits per heavy atom. The molecule has 0 bridgehead atoms. The van der Waals surface area contributed by atoms with Gasteiger partial charge in [0.2, 0.25) is 0 Å². The summed E-state index contributed by atoms with van der Waals surface area (Å²) in [5.41, 5.74) is 2.96. The van der Waals surface area contributed by atoms with Crippen LogP contribution in [0.2, 0.25) is 0 Å². The Kier molecular flexibility index (Phi) is 3.73. The maximum absolute atomic E-state index is 12.4. The van der Waals surface area contributed by atoms with Gasteiger partial charge < -0.3 is 4.90 Å². The second-order valence-electron chi connectivity index (χ2n) is 5.84. The van der Waals surface area contributed by atoms with Gasteiger partial charge in [-0.3, -0.25) is 14.5 Å². The Hall–Kier alpha value is -2.17.